The summed E-state index contributed by atoms with van der Waals surface area (Å²) < 4.78 is 12.9. The van der Waals surface area contributed by atoms with E-state index in [1.54, 1.807) is 69.4 Å². The van der Waals surface area contributed by atoms with Crippen LogP contribution >= 0.6 is 15.9 Å². The molecule has 0 spiro atoms. The van der Waals surface area contributed by atoms with E-state index in [9.17, 15) is 14.4 Å². The number of aromatic nitrogens is 3. The first-order chi connectivity index (χ1) is 19.6. The Labute approximate surface area is 246 Å². The summed E-state index contributed by atoms with van der Waals surface area (Å²) in [7, 11) is 0. The zero-order valence-electron chi connectivity index (χ0n) is 22.9. The number of alkyl carbamates (subject to hydrolysis) is 1. The van der Waals surface area contributed by atoms with Gasteiger partial charge in [-0.2, -0.15) is 0 Å². The standard InChI is InChI=1S/C30H30BrN5O5/c1-30(2,3)41-29(39)33-17-23-18-36(35-34-23)26-14-13-22(31)15-25(26)27(37)32-16-21-11-7-8-12-24(21)28(38)40-19-20-9-5-4-6-10-20/h4-15,18H,16-17,19H2,1-3H3,(H,32,37)(H,33,39). The largest absolute Gasteiger partial charge is 0.457 e. The van der Waals surface area contributed by atoms with Crippen molar-refractivity contribution < 1.29 is 23.9 Å². The highest BCUT2D eigenvalue weighted by Gasteiger charge is 2.19. The van der Waals surface area contributed by atoms with Crippen molar-refractivity contribution in [2.45, 2.75) is 46.1 Å². The molecule has 0 fully saturated rings. The zero-order valence-corrected chi connectivity index (χ0v) is 24.5. The van der Waals surface area contributed by atoms with Crippen molar-refractivity contribution in [3.63, 3.8) is 0 Å². The first-order valence-corrected chi connectivity index (χ1v) is 13.6. The molecule has 11 heteroatoms. The normalized spacial score (nSPS) is 11.0. The number of esters is 1. The third kappa shape index (κ3) is 8.49. The highest BCUT2D eigenvalue weighted by atomic mass is 79.9. The molecule has 0 atom stereocenters. The van der Waals surface area contributed by atoms with Crippen molar-refractivity contribution in [3.05, 3.63) is 111 Å². The molecule has 1 heterocycles. The molecule has 0 saturated heterocycles. The summed E-state index contributed by atoms with van der Waals surface area (Å²) in [4.78, 5) is 38.1. The average molecular weight is 621 g/mol. The van der Waals surface area contributed by atoms with Gasteiger partial charge in [-0.3, -0.25) is 4.79 Å². The maximum Gasteiger partial charge on any atom is 0.407 e. The molecule has 0 saturated carbocycles. The summed E-state index contributed by atoms with van der Waals surface area (Å²) in [6.07, 6.45) is 1.05. The molecule has 4 rings (SSSR count). The smallest absolute Gasteiger partial charge is 0.407 e. The van der Waals surface area contributed by atoms with E-state index in [-0.39, 0.29) is 25.6 Å². The molecule has 0 aliphatic heterocycles. The van der Waals surface area contributed by atoms with Crippen LogP contribution in [-0.4, -0.2) is 38.6 Å². The first kappa shape index (κ1) is 29.5. The second-order valence-corrected chi connectivity index (χ2v) is 11.0. The van der Waals surface area contributed by atoms with Crippen molar-refractivity contribution in [2.75, 3.05) is 0 Å². The van der Waals surface area contributed by atoms with Gasteiger partial charge in [-0.15, -0.1) is 5.10 Å². The molecule has 0 unspecified atom stereocenters. The SMILES string of the molecule is CC(C)(C)OC(=O)NCc1cn(-c2ccc(Br)cc2C(=O)NCc2ccccc2C(=O)OCc2ccccc2)nn1. The van der Waals surface area contributed by atoms with Crippen LogP contribution in [0.2, 0.25) is 0 Å². The van der Waals surface area contributed by atoms with Gasteiger partial charge in [-0.05, 0) is 56.2 Å². The highest BCUT2D eigenvalue weighted by Crippen LogP contribution is 2.21. The molecule has 2 N–H and O–H groups in total. The fourth-order valence-corrected chi connectivity index (χ4v) is 4.17. The van der Waals surface area contributed by atoms with Crippen LogP contribution in [0.4, 0.5) is 4.79 Å². The highest BCUT2D eigenvalue weighted by molar-refractivity contribution is 9.10. The molecule has 4 aromatic rings. The molecule has 0 bridgehead atoms. The maximum absolute atomic E-state index is 13.3. The van der Waals surface area contributed by atoms with Crippen LogP contribution in [0.5, 0.6) is 0 Å². The van der Waals surface area contributed by atoms with Crippen LogP contribution in [0.1, 0.15) is 58.3 Å². The van der Waals surface area contributed by atoms with Crippen molar-refractivity contribution in [1.82, 2.24) is 25.6 Å². The van der Waals surface area contributed by atoms with E-state index in [1.165, 1.54) is 4.68 Å². The van der Waals surface area contributed by atoms with Crippen LogP contribution in [0.15, 0.2) is 83.5 Å². The van der Waals surface area contributed by atoms with E-state index in [0.717, 1.165) is 5.56 Å². The lowest BCUT2D eigenvalue weighted by atomic mass is 10.1. The van der Waals surface area contributed by atoms with E-state index in [0.29, 0.717) is 32.5 Å². The first-order valence-electron chi connectivity index (χ1n) is 12.8. The molecule has 212 valence electrons. The van der Waals surface area contributed by atoms with Gasteiger partial charge in [-0.1, -0.05) is 69.7 Å². The Bertz CT molecular complexity index is 1530. The summed E-state index contributed by atoms with van der Waals surface area (Å²) in [6.45, 7) is 5.68. The predicted molar refractivity (Wildman–Crippen MR) is 155 cm³/mol. The Morgan fingerprint density at radius 1 is 0.902 bits per heavy atom. The Kier molecular flexibility index (Phi) is 9.51. The lowest BCUT2D eigenvalue weighted by Gasteiger charge is -2.19. The van der Waals surface area contributed by atoms with Gasteiger partial charge in [-0.25, -0.2) is 14.3 Å². The number of carbonyl (C=O) groups excluding carboxylic acids is 3. The molecule has 3 aromatic carbocycles. The number of hydrogen-bond donors (Lipinski definition) is 2. The predicted octanol–water partition coefficient (Wildman–Crippen LogP) is 5.34. The number of ether oxygens (including phenoxy) is 2. The summed E-state index contributed by atoms with van der Waals surface area (Å²) in [5, 5.41) is 13.8. The number of benzene rings is 3. The fraction of sp³-hybridized carbons (Fsp3) is 0.233. The summed E-state index contributed by atoms with van der Waals surface area (Å²) in [5.41, 5.74) is 2.55. The molecule has 2 amide bonds. The van der Waals surface area contributed by atoms with Gasteiger partial charge >= 0.3 is 12.1 Å². The molecule has 1 aromatic heterocycles. The number of hydrogen-bond acceptors (Lipinski definition) is 7. The van der Waals surface area contributed by atoms with Crippen LogP contribution < -0.4 is 10.6 Å². The molecule has 0 aliphatic rings. The van der Waals surface area contributed by atoms with Gasteiger partial charge in [0.05, 0.1) is 29.6 Å². The Morgan fingerprint density at radius 3 is 2.39 bits per heavy atom. The van der Waals surface area contributed by atoms with Crippen molar-refractivity contribution >= 4 is 33.9 Å². The zero-order chi connectivity index (χ0) is 29.4. The molecule has 10 nitrogen and oxygen atoms in total. The molecule has 41 heavy (non-hydrogen) atoms. The van der Waals surface area contributed by atoms with Crippen molar-refractivity contribution in [1.29, 1.82) is 0 Å². The average Bonchev–Trinajstić information content (AvgIpc) is 3.42. The van der Waals surface area contributed by atoms with E-state index < -0.39 is 17.7 Å². The summed E-state index contributed by atoms with van der Waals surface area (Å²) in [5.74, 6) is -0.852. The number of nitrogens with zero attached hydrogens (tertiary/aromatic N) is 3. The van der Waals surface area contributed by atoms with Crippen molar-refractivity contribution in [3.8, 4) is 5.69 Å². The number of halogens is 1. The minimum absolute atomic E-state index is 0.101. The Balaban J connectivity index is 1.43. The molecule has 0 radical (unpaired) electrons. The van der Waals surface area contributed by atoms with Gasteiger partial charge in [0, 0.05) is 11.0 Å². The summed E-state index contributed by atoms with van der Waals surface area (Å²) >= 11 is 3.42. The van der Waals surface area contributed by atoms with Crippen LogP contribution in [0, 0.1) is 0 Å². The lowest BCUT2D eigenvalue weighted by molar-refractivity contribution is 0.0469. The van der Waals surface area contributed by atoms with Crippen molar-refractivity contribution in [2.24, 2.45) is 0 Å². The van der Waals surface area contributed by atoms with Gasteiger partial charge in [0.25, 0.3) is 5.91 Å². The van der Waals surface area contributed by atoms with E-state index in [1.807, 2.05) is 30.3 Å². The van der Waals surface area contributed by atoms with Gasteiger partial charge < -0.3 is 20.1 Å². The number of nitrogens with one attached hydrogen (secondary N) is 2. The second kappa shape index (κ2) is 13.2. The number of amides is 2. The Morgan fingerprint density at radius 2 is 1.63 bits per heavy atom. The van der Waals surface area contributed by atoms with Crippen LogP contribution in [0.3, 0.4) is 0 Å². The van der Waals surface area contributed by atoms with Gasteiger partial charge in [0.1, 0.15) is 17.9 Å². The van der Waals surface area contributed by atoms with E-state index >= 15 is 0 Å². The van der Waals surface area contributed by atoms with E-state index in [2.05, 4.69) is 36.9 Å². The third-order valence-corrected chi connectivity index (χ3v) is 6.19. The quantitative estimate of drug-likeness (QED) is 0.242. The second-order valence-electron chi connectivity index (χ2n) is 10.1. The molecular formula is C30H30BrN5O5. The monoisotopic (exact) mass is 619 g/mol. The van der Waals surface area contributed by atoms with Gasteiger partial charge in [0.15, 0.2) is 0 Å². The van der Waals surface area contributed by atoms with E-state index in [4.69, 9.17) is 9.47 Å². The summed E-state index contributed by atoms with van der Waals surface area (Å²) in [6, 6.07) is 21.6. The minimum atomic E-state index is -0.621. The minimum Gasteiger partial charge on any atom is -0.457 e. The maximum atomic E-state index is 13.3. The van der Waals surface area contributed by atoms with Crippen LogP contribution in [0.25, 0.3) is 5.69 Å². The number of rotatable bonds is 9. The fourth-order valence-electron chi connectivity index (χ4n) is 3.81. The van der Waals surface area contributed by atoms with Gasteiger partial charge in [0.2, 0.25) is 0 Å². The lowest BCUT2D eigenvalue weighted by Crippen LogP contribution is -2.32. The number of carbonyl (C=O) groups is 3. The topological polar surface area (TPSA) is 124 Å². The molecule has 0 aliphatic carbocycles. The van der Waals surface area contributed by atoms with Crippen LogP contribution in [-0.2, 0) is 29.2 Å². The Hall–Kier alpha value is -4.51. The molecular weight excluding hydrogens is 590 g/mol. The third-order valence-electron chi connectivity index (χ3n) is 5.69.